The van der Waals surface area contributed by atoms with Crippen LogP contribution in [0.2, 0.25) is 0 Å². The van der Waals surface area contributed by atoms with Gasteiger partial charge in [0, 0.05) is 5.41 Å². The van der Waals surface area contributed by atoms with Crippen molar-refractivity contribution >= 4 is 11.8 Å². The third kappa shape index (κ3) is 2.76. The highest BCUT2D eigenvalue weighted by molar-refractivity contribution is 7.98. The van der Waals surface area contributed by atoms with Gasteiger partial charge in [0.2, 0.25) is 11.0 Å². The number of aromatic nitrogens is 5. The largest absolute Gasteiger partial charge is 0.339 e. The van der Waals surface area contributed by atoms with E-state index in [2.05, 4.69) is 20.3 Å². The van der Waals surface area contributed by atoms with Crippen LogP contribution in [0.5, 0.6) is 0 Å². The molecule has 8 heteroatoms. The zero-order valence-electron chi connectivity index (χ0n) is 9.91. The Bertz CT molecular complexity index is 500. The van der Waals surface area contributed by atoms with Crippen LogP contribution in [0, 0.1) is 0 Å². The third-order valence-electron chi connectivity index (χ3n) is 1.98. The highest BCUT2D eigenvalue weighted by atomic mass is 32.2. The minimum absolute atomic E-state index is 0.135. The zero-order valence-corrected chi connectivity index (χ0v) is 10.7. The standard InChI is InChI=1S/C9H14N6OS/c1-9(2,3)7-12-6(14-16-7)4-17-8-13-11-5-15(8)10/h5H,4,10H2,1-3H3. The maximum Gasteiger partial charge on any atom is 0.232 e. The van der Waals surface area contributed by atoms with Gasteiger partial charge in [0.15, 0.2) is 5.82 Å². The normalized spacial score (nSPS) is 11.9. The van der Waals surface area contributed by atoms with E-state index in [4.69, 9.17) is 10.4 Å². The average molecular weight is 254 g/mol. The van der Waals surface area contributed by atoms with E-state index < -0.39 is 0 Å². The van der Waals surface area contributed by atoms with Crippen molar-refractivity contribution in [2.75, 3.05) is 5.84 Å². The molecule has 0 aliphatic rings. The molecule has 0 aliphatic carbocycles. The lowest BCUT2D eigenvalue weighted by Gasteiger charge is -2.10. The lowest BCUT2D eigenvalue weighted by atomic mass is 9.97. The third-order valence-corrected chi connectivity index (χ3v) is 2.93. The monoisotopic (exact) mass is 254 g/mol. The molecule has 0 atom stereocenters. The van der Waals surface area contributed by atoms with E-state index in [0.717, 1.165) is 0 Å². The maximum atomic E-state index is 5.59. The van der Waals surface area contributed by atoms with E-state index in [9.17, 15) is 0 Å². The van der Waals surface area contributed by atoms with Crippen molar-refractivity contribution in [1.82, 2.24) is 25.0 Å². The average Bonchev–Trinajstić information content (AvgIpc) is 2.82. The number of rotatable bonds is 3. The second-order valence-electron chi connectivity index (χ2n) is 4.58. The zero-order chi connectivity index (χ0) is 12.5. The topological polar surface area (TPSA) is 95.7 Å². The van der Waals surface area contributed by atoms with Crippen molar-refractivity contribution in [1.29, 1.82) is 0 Å². The Balaban J connectivity index is 2.01. The van der Waals surface area contributed by atoms with E-state index in [1.807, 2.05) is 20.8 Å². The molecule has 2 heterocycles. The predicted molar refractivity (Wildman–Crippen MR) is 62.7 cm³/mol. The number of hydrogen-bond acceptors (Lipinski definition) is 7. The minimum atomic E-state index is -0.135. The molecule has 0 spiro atoms. The first-order valence-electron chi connectivity index (χ1n) is 5.08. The summed E-state index contributed by atoms with van der Waals surface area (Å²) in [6.07, 6.45) is 1.44. The van der Waals surface area contributed by atoms with Crippen molar-refractivity contribution in [3.8, 4) is 0 Å². The molecule has 2 rings (SSSR count). The summed E-state index contributed by atoms with van der Waals surface area (Å²) >= 11 is 1.41. The fourth-order valence-electron chi connectivity index (χ4n) is 1.08. The van der Waals surface area contributed by atoms with Gasteiger partial charge in [-0.2, -0.15) is 4.98 Å². The van der Waals surface area contributed by atoms with Gasteiger partial charge in [0.1, 0.15) is 6.33 Å². The molecule has 7 nitrogen and oxygen atoms in total. The Labute approximate surface area is 103 Å². The van der Waals surface area contributed by atoms with E-state index in [1.54, 1.807) is 0 Å². The summed E-state index contributed by atoms with van der Waals surface area (Å²) in [5.74, 6) is 7.39. The van der Waals surface area contributed by atoms with Gasteiger partial charge in [-0.3, -0.25) is 0 Å². The first kappa shape index (κ1) is 11.9. The van der Waals surface area contributed by atoms with Crippen molar-refractivity contribution in [2.24, 2.45) is 0 Å². The molecule has 0 aromatic carbocycles. The molecule has 0 bridgehead atoms. The second kappa shape index (κ2) is 4.36. The highest BCUT2D eigenvalue weighted by Crippen LogP contribution is 2.22. The summed E-state index contributed by atoms with van der Waals surface area (Å²) < 4.78 is 6.54. The van der Waals surface area contributed by atoms with E-state index in [1.165, 1.54) is 22.8 Å². The SMILES string of the molecule is CC(C)(C)c1nc(CSc2nncn2N)no1. The van der Waals surface area contributed by atoms with Gasteiger partial charge in [0.25, 0.3) is 0 Å². The Kier molecular flexibility index (Phi) is 3.05. The molecular formula is C9H14N6OS. The molecule has 0 aliphatic heterocycles. The van der Waals surface area contributed by atoms with Crippen molar-refractivity contribution in [3.05, 3.63) is 18.0 Å². The van der Waals surface area contributed by atoms with Gasteiger partial charge in [-0.05, 0) is 0 Å². The molecule has 92 valence electrons. The van der Waals surface area contributed by atoms with Gasteiger partial charge in [-0.15, -0.1) is 10.2 Å². The molecule has 0 radical (unpaired) electrons. The van der Waals surface area contributed by atoms with Gasteiger partial charge < -0.3 is 10.4 Å². The van der Waals surface area contributed by atoms with Crippen LogP contribution in [0.15, 0.2) is 16.0 Å². The van der Waals surface area contributed by atoms with Crippen LogP contribution in [-0.2, 0) is 11.2 Å². The Morgan fingerprint density at radius 2 is 2.24 bits per heavy atom. The Morgan fingerprint density at radius 3 is 2.76 bits per heavy atom. The first-order chi connectivity index (χ1) is 7.97. The summed E-state index contributed by atoms with van der Waals surface area (Å²) in [6.45, 7) is 6.07. The smallest absolute Gasteiger partial charge is 0.232 e. The number of thioether (sulfide) groups is 1. The van der Waals surface area contributed by atoms with Gasteiger partial charge in [0.05, 0.1) is 5.75 Å². The fourth-order valence-corrected chi connectivity index (χ4v) is 1.76. The lowest BCUT2D eigenvalue weighted by Crippen LogP contribution is -2.11. The molecule has 0 saturated heterocycles. The number of hydrogen-bond donors (Lipinski definition) is 1. The Morgan fingerprint density at radius 1 is 1.47 bits per heavy atom. The molecule has 2 aromatic heterocycles. The van der Waals surface area contributed by atoms with E-state index in [0.29, 0.717) is 22.6 Å². The molecule has 0 fully saturated rings. The Hall–Kier alpha value is -1.57. The van der Waals surface area contributed by atoms with Gasteiger partial charge in [-0.25, -0.2) is 4.68 Å². The van der Waals surface area contributed by atoms with Crippen molar-refractivity contribution in [2.45, 2.75) is 37.1 Å². The van der Waals surface area contributed by atoms with Crippen LogP contribution >= 0.6 is 11.8 Å². The molecule has 17 heavy (non-hydrogen) atoms. The van der Waals surface area contributed by atoms with Crippen molar-refractivity contribution < 1.29 is 4.52 Å². The summed E-state index contributed by atoms with van der Waals surface area (Å²) in [5, 5.41) is 12.1. The predicted octanol–water partition coefficient (Wildman–Crippen LogP) is 0.965. The summed E-state index contributed by atoms with van der Waals surface area (Å²) in [4.78, 5) is 4.31. The van der Waals surface area contributed by atoms with Crippen molar-refractivity contribution in [3.63, 3.8) is 0 Å². The van der Waals surface area contributed by atoms with Crippen LogP contribution in [0.3, 0.4) is 0 Å². The summed E-state index contributed by atoms with van der Waals surface area (Å²) in [6, 6.07) is 0. The summed E-state index contributed by atoms with van der Waals surface area (Å²) in [5.41, 5.74) is -0.135. The van der Waals surface area contributed by atoms with Gasteiger partial charge in [-0.1, -0.05) is 37.7 Å². The maximum absolute atomic E-state index is 5.59. The fraction of sp³-hybridized carbons (Fsp3) is 0.556. The molecule has 0 unspecified atom stereocenters. The number of nitrogen functional groups attached to an aromatic ring is 1. The molecular weight excluding hydrogens is 240 g/mol. The van der Waals surface area contributed by atoms with Crippen LogP contribution < -0.4 is 5.84 Å². The van der Waals surface area contributed by atoms with Crippen LogP contribution in [0.25, 0.3) is 0 Å². The van der Waals surface area contributed by atoms with Gasteiger partial charge >= 0.3 is 0 Å². The van der Waals surface area contributed by atoms with Crippen LogP contribution in [-0.4, -0.2) is 25.0 Å². The minimum Gasteiger partial charge on any atom is -0.339 e. The molecule has 2 aromatic rings. The first-order valence-corrected chi connectivity index (χ1v) is 6.06. The summed E-state index contributed by atoms with van der Waals surface area (Å²) in [7, 11) is 0. The van der Waals surface area contributed by atoms with E-state index >= 15 is 0 Å². The molecule has 2 N–H and O–H groups in total. The lowest BCUT2D eigenvalue weighted by molar-refractivity contribution is 0.319. The van der Waals surface area contributed by atoms with Crippen LogP contribution in [0.1, 0.15) is 32.5 Å². The highest BCUT2D eigenvalue weighted by Gasteiger charge is 2.21. The number of nitrogens with zero attached hydrogens (tertiary/aromatic N) is 5. The molecule has 0 saturated carbocycles. The van der Waals surface area contributed by atoms with Crippen LogP contribution in [0.4, 0.5) is 0 Å². The van der Waals surface area contributed by atoms with E-state index in [-0.39, 0.29) is 5.41 Å². The second-order valence-corrected chi connectivity index (χ2v) is 5.52. The number of nitrogens with two attached hydrogens (primary N) is 1. The quantitative estimate of drug-likeness (QED) is 0.643. The molecule has 0 amide bonds.